The summed E-state index contributed by atoms with van der Waals surface area (Å²) in [5, 5.41) is 4.18. The molecular weight excluding hydrogens is 212 g/mol. The molecule has 0 spiro atoms. The summed E-state index contributed by atoms with van der Waals surface area (Å²) < 4.78 is 1.82. The number of hydrogen-bond acceptors (Lipinski definition) is 3. The molecule has 0 aromatic carbocycles. The second-order valence-electron chi connectivity index (χ2n) is 5.54. The minimum atomic E-state index is 0.0739. The largest absolute Gasteiger partial charge is 0.323 e. The minimum Gasteiger partial charge on any atom is -0.323 e. The summed E-state index contributed by atoms with van der Waals surface area (Å²) in [7, 11) is 1.93. The molecule has 1 fully saturated rings. The molecule has 2 N–H and O–H groups in total. The van der Waals surface area contributed by atoms with Crippen molar-refractivity contribution in [1.82, 2.24) is 14.7 Å². The molecule has 4 nitrogen and oxygen atoms in total. The predicted octanol–water partition coefficient (Wildman–Crippen LogP) is 1.54. The average molecular weight is 236 g/mol. The zero-order valence-electron chi connectivity index (χ0n) is 11.1. The highest BCUT2D eigenvalue weighted by molar-refractivity contribution is 5.10. The van der Waals surface area contributed by atoms with Gasteiger partial charge in [-0.05, 0) is 32.6 Å². The lowest BCUT2D eigenvalue weighted by atomic mass is 10.1. The van der Waals surface area contributed by atoms with Crippen LogP contribution in [0.4, 0.5) is 0 Å². The van der Waals surface area contributed by atoms with Crippen LogP contribution in [0.15, 0.2) is 12.4 Å². The molecule has 0 amide bonds. The molecule has 17 heavy (non-hydrogen) atoms. The van der Waals surface area contributed by atoms with Gasteiger partial charge in [0.15, 0.2) is 0 Å². The zero-order chi connectivity index (χ0) is 12.4. The van der Waals surface area contributed by atoms with E-state index in [1.54, 1.807) is 0 Å². The van der Waals surface area contributed by atoms with Crippen molar-refractivity contribution in [3.63, 3.8) is 0 Å². The number of aromatic nitrogens is 2. The molecule has 1 aliphatic rings. The van der Waals surface area contributed by atoms with E-state index in [0.29, 0.717) is 6.04 Å². The third-order valence-corrected chi connectivity index (χ3v) is 3.50. The molecule has 1 heterocycles. The first-order chi connectivity index (χ1) is 8.06. The van der Waals surface area contributed by atoms with Gasteiger partial charge in [-0.15, -0.1) is 0 Å². The Bertz CT molecular complexity index is 354. The van der Waals surface area contributed by atoms with E-state index in [1.807, 2.05) is 24.1 Å². The fourth-order valence-electron chi connectivity index (χ4n) is 2.12. The quantitative estimate of drug-likeness (QED) is 0.815. The number of aryl methyl sites for hydroxylation is 1. The van der Waals surface area contributed by atoms with Gasteiger partial charge in [0.1, 0.15) is 0 Å². The van der Waals surface area contributed by atoms with Crippen LogP contribution in [0.3, 0.4) is 0 Å². The van der Waals surface area contributed by atoms with Gasteiger partial charge >= 0.3 is 0 Å². The molecule has 1 unspecified atom stereocenters. The highest BCUT2D eigenvalue weighted by Gasteiger charge is 2.26. The van der Waals surface area contributed by atoms with Crippen molar-refractivity contribution < 1.29 is 0 Å². The van der Waals surface area contributed by atoms with Crippen molar-refractivity contribution >= 4 is 0 Å². The summed E-state index contributed by atoms with van der Waals surface area (Å²) in [5.74, 6) is 0.915. The van der Waals surface area contributed by atoms with E-state index in [1.165, 1.54) is 19.4 Å². The first-order valence-electron chi connectivity index (χ1n) is 6.54. The molecule has 1 saturated carbocycles. The van der Waals surface area contributed by atoms with Crippen molar-refractivity contribution in [3.05, 3.63) is 18.0 Å². The van der Waals surface area contributed by atoms with E-state index in [2.05, 4.69) is 23.8 Å². The molecule has 2 rings (SSSR count). The molecule has 96 valence electrons. The minimum absolute atomic E-state index is 0.0739. The van der Waals surface area contributed by atoms with Crippen LogP contribution in [-0.4, -0.2) is 33.8 Å². The number of nitrogens with two attached hydrogens (primary N) is 1. The predicted molar refractivity (Wildman–Crippen MR) is 69.6 cm³/mol. The summed E-state index contributed by atoms with van der Waals surface area (Å²) in [6.45, 7) is 6.63. The molecule has 0 bridgehead atoms. The second-order valence-corrected chi connectivity index (χ2v) is 5.54. The molecule has 1 aliphatic carbocycles. The lowest BCUT2D eigenvalue weighted by Crippen LogP contribution is -2.38. The Morgan fingerprint density at radius 2 is 2.24 bits per heavy atom. The van der Waals surface area contributed by atoms with Crippen LogP contribution in [0.25, 0.3) is 0 Å². The van der Waals surface area contributed by atoms with Gasteiger partial charge in [-0.1, -0.05) is 0 Å². The second kappa shape index (κ2) is 5.19. The molecule has 0 aliphatic heterocycles. The van der Waals surface area contributed by atoms with Crippen molar-refractivity contribution in [2.24, 2.45) is 18.7 Å². The zero-order valence-corrected chi connectivity index (χ0v) is 11.1. The molecule has 1 aromatic rings. The van der Waals surface area contributed by atoms with E-state index in [9.17, 15) is 0 Å². The average Bonchev–Trinajstić information content (AvgIpc) is 2.97. The first kappa shape index (κ1) is 12.6. The Morgan fingerprint density at radius 1 is 1.53 bits per heavy atom. The van der Waals surface area contributed by atoms with Crippen LogP contribution in [0.5, 0.6) is 0 Å². The van der Waals surface area contributed by atoms with Gasteiger partial charge in [-0.2, -0.15) is 5.10 Å². The molecular formula is C13H24N4. The third kappa shape index (κ3) is 3.54. The molecule has 4 heteroatoms. The molecule has 1 aromatic heterocycles. The Kier molecular flexibility index (Phi) is 3.84. The van der Waals surface area contributed by atoms with E-state index in [0.717, 1.165) is 18.0 Å². The summed E-state index contributed by atoms with van der Waals surface area (Å²) in [6, 6.07) is 0.642. The Labute approximate surface area is 104 Å². The highest BCUT2D eigenvalue weighted by atomic mass is 15.2. The lowest BCUT2D eigenvalue weighted by molar-refractivity contribution is 0.200. The van der Waals surface area contributed by atoms with Crippen LogP contribution >= 0.6 is 0 Å². The Morgan fingerprint density at radius 3 is 2.71 bits per heavy atom. The highest BCUT2D eigenvalue weighted by Crippen LogP contribution is 2.30. The summed E-state index contributed by atoms with van der Waals surface area (Å²) in [4.78, 5) is 2.50. The number of nitrogens with zero attached hydrogens (tertiary/aromatic N) is 3. The van der Waals surface area contributed by atoms with Crippen LogP contribution < -0.4 is 5.73 Å². The van der Waals surface area contributed by atoms with Gasteiger partial charge in [0, 0.05) is 44.0 Å². The topological polar surface area (TPSA) is 47.1 Å². The maximum Gasteiger partial charge on any atom is 0.0537 e. The van der Waals surface area contributed by atoms with Gasteiger partial charge in [-0.3, -0.25) is 9.58 Å². The summed E-state index contributed by atoms with van der Waals surface area (Å²) in [5.41, 5.74) is 7.38. The van der Waals surface area contributed by atoms with Crippen molar-refractivity contribution in [3.8, 4) is 0 Å². The van der Waals surface area contributed by atoms with Crippen LogP contribution in [0.2, 0.25) is 0 Å². The van der Waals surface area contributed by atoms with E-state index < -0.39 is 0 Å². The van der Waals surface area contributed by atoms with Gasteiger partial charge in [-0.25, -0.2) is 0 Å². The van der Waals surface area contributed by atoms with Crippen molar-refractivity contribution in [2.45, 2.75) is 38.8 Å². The van der Waals surface area contributed by atoms with E-state index >= 15 is 0 Å². The maximum absolute atomic E-state index is 6.25. The summed E-state index contributed by atoms with van der Waals surface area (Å²) in [6.07, 6.45) is 6.68. The monoisotopic (exact) mass is 236 g/mol. The van der Waals surface area contributed by atoms with Gasteiger partial charge < -0.3 is 5.73 Å². The Balaban J connectivity index is 1.91. The fraction of sp³-hybridized carbons (Fsp3) is 0.769. The summed E-state index contributed by atoms with van der Waals surface area (Å²) >= 11 is 0. The first-order valence-corrected chi connectivity index (χ1v) is 6.54. The standard InChI is InChI=1S/C13H24N4/c1-10(2)17(7-11-4-5-11)9-13(14)12-6-15-16(3)8-12/h6,8,10-11,13H,4-5,7,9,14H2,1-3H3. The van der Waals surface area contributed by atoms with E-state index in [-0.39, 0.29) is 6.04 Å². The smallest absolute Gasteiger partial charge is 0.0537 e. The van der Waals surface area contributed by atoms with Crippen LogP contribution in [0.1, 0.15) is 38.3 Å². The molecule has 0 radical (unpaired) electrons. The van der Waals surface area contributed by atoms with Gasteiger partial charge in [0.25, 0.3) is 0 Å². The Hall–Kier alpha value is -0.870. The van der Waals surface area contributed by atoms with Gasteiger partial charge in [0.2, 0.25) is 0 Å². The SMILES string of the molecule is CC(C)N(CC1CC1)CC(N)c1cnn(C)c1. The third-order valence-electron chi connectivity index (χ3n) is 3.50. The fourth-order valence-corrected chi connectivity index (χ4v) is 2.12. The van der Waals surface area contributed by atoms with Crippen molar-refractivity contribution in [1.29, 1.82) is 0 Å². The van der Waals surface area contributed by atoms with E-state index in [4.69, 9.17) is 5.73 Å². The number of hydrogen-bond donors (Lipinski definition) is 1. The van der Waals surface area contributed by atoms with Crippen LogP contribution in [0, 0.1) is 5.92 Å². The van der Waals surface area contributed by atoms with Crippen molar-refractivity contribution in [2.75, 3.05) is 13.1 Å². The maximum atomic E-state index is 6.25. The normalized spacial score (nSPS) is 18.0. The number of rotatable bonds is 6. The van der Waals surface area contributed by atoms with Crippen LogP contribution in [-0.2, 0) is 7.05 Å². The molecule has 0 saturated heterocycles. The van der Waals surface area contributed by atoms with Gasteiger partial charge in [0.05, 0.1) is 6.20 Å². The lowest BCUT2D eigenvalue weighted by Gasteiger charge is -2.28. The molecule has 1 atom stereocenters.